The number of ether oxygens (including phenoxy) is 1. The molecule has 0 atom stereocenters. The molecule has 0 aliphatic heterocycles. The number of hydrogen-bond acceptors (Lipinski definition) is 4. The number of methoxy groups -OCH3 is 1. The summed E-state index contributed by atoms with van der Waals surface area (Å²) in [7, 11) is 1.65. The molecule has 2 heterocycles. The molecule has 122 valence electrons. The zero-order valence-corrected chi connectivity index (χ0v) is 14.5. The molecular formula is C20H15N3OS. The highest BCUT2D eigenvalue weighted by Gasteiger charge is 2.18. The first-order valence-corrected chi connectivity index (χ1v) is 8.75. The van der Waals surface area contributed by atoms with Gasteiger partial charge in [-0.15, -0.1) is 11.3 Å². The highest BCUT2D eigenvalue weighted by atomic mass is 32.1. The molecule has 4 nitrogen and oxygen atoms in total. The molecule has 0 unspecified atom stereocenters. The van der Waals surface area contributed by atoms with Gasteiger partial charge in [0.1, 0.15) is 5.75 Å². The van der Waals surface area contributed by atoms with E-state index in [1.54, 1.807) is 18.4 Å². The topological polar surface area (TPSA) is 50.3 Å². The summed E-state index contributed by atoms with van der Waals surface area (Å²) in [6.07, 6.45) is 0.296. The monoisotopic (exact) mass is 345 g/mol. The molecule has 0 saturated carbocycles. The summed E-state index contributed by atoms with van der Waals surface area (Å²) in [6.45, 7) is 0. The summed E-state index contributed by atoms with van der Waals surface area (Å²) in [5.74, 6) is 0.778. The number of nitrogens with zero attached hydrogens (tertiary/aromatic N) is 3. The maximum absolute atomic E-state index is 9.36. The van der Waals surface area contributed by atoms with Crippen molar-refractivity contribution >= 4 is 16.3 Å². The van der Waals surface area contributed by atoms with Crippen LogP contribution in [0.4, 0.5) is 0 Å². The highest BCUT2D eigenvalue weighted by Crippen LogP contribution is 2.34. The molecule has 0 spiro atoms. The molecule has 0 fully saturated rings. The summed E-state index contributed by atoms with van der Waals surface area (Å²) >= 11 is 1.59. The summed E-state index contributed by atoms with van der Waals surface area (Å²) in [4.78, 5) is 5.69. The van der Waals surface area contributed by atoms with Gasteiger partial charge in [0, 0.05) is 10.9 Å². The largest absolute Gasteiger partial charge is 0.497 e. The number of hydrogen-bond donors (Lipinski definition) is 0. The van der Waals surface area contributed by atoms with Crippen LogP contribution >= 0.6 is 11.3 Å². The summed E-state index contributed by atoms with van der Waals surface area (Å²) in [6, 6.07) is 20.3. The van der Waals surface area contributed by atoms with Crippen LogP contribution in [0.3, 0.4) is 0 Å². The second-order valence-electron chi connectivity index (χ2n) is 5.58. The van der Waals surface area contributed by atoms with Gasteiger partial charge in [0.25, 0.3) is 0 Å². The van der Waals surface area contributed by atoms with Crippen LogP contribution in [0, 0.1) is 11.3 Å². The Labute approximate surface area is 149 Å². The minimum Gasteiger partial charge on any atom is -0.497 e. The molecule has 0 saturated heterocycles. The van der Waals surface area contributed by atoms with Crippen LogP contribution in [0.25, 0.3) is 27.5 Å². The molecule has 0 radical (unpaired) electrons. The van der Waals surface area contributed by atoms with E-state index in [0.29, 0.717) is 6.42 Å². The van der Waals surface area contributed by atoms with E-state index in [1.165, 1.54) is 0 Å². The van der Waals surface area contributed by atoms with E-state index >= 15 is 0 Å². The first-order chi connectivity index (χ1) is 12.3. The Bertz CT molecular complexity index is 1070. The third-order valence-electron chi connectivity index (χ3n) is 4.12. The van der Waals surface area contributed by atoms with Crippen molar-refractivity contribution in [3.8, 4) is 34.3 Å². The standard InChI is InChI=1S/C20H15N3OS/c1-24-16-9-5-8-15(12-16)19-17(10-11-21)23-18(13-25-20(23)22-19)14-6-3-2-4-7-14/h2-9,12-13H,10H2,1H3. The van der Waals surface area contributed by atoms with Crippen LogP contribution in [0.5, 0.6) is 5.75 Å². The van der Waals surface area contributed by atoms with Crippen LogP contribution in [-0.2, 0) is 6.42 Å². The molecule has 2 aromatic heterocycles. The van der Waals surface area contributed by atoms with Gasteiger partial charge in [-0.2, -0.15) is 5.26 Å². The van der Waals surface area contributed by atoms with Gasteiger partial charge in [0.2, 0.25) is 0 Å². The predicted octanol–water partition coefficient (Wildman–Crippen LogP) is 4.80. The van der Waals surface area contributed by atoms with Gasteiger partial charge in [0.15, 0.2) is 4.96 Å². The van der Waals surface area contributed by atoms with Crippen molar-refractivity contribution in [2.24, 2.45) is 0 Å². The molecule has 2 aromatic carbocycles. The molecule has 0 aliphatic rings. The van der Waals surface area contributed by atoms with Crippen LogP contribution < -0.4 is 4.74 Å². The lowest BCUT2D eigenvalue weighted by Gasteiger charge is -2.06. The predicted molar refractivity (Wildman–Crippen MR) is 99.8 cm³/mol. The van der Waals surface area contributed by atoms with E-state index in [1.807, 2.05) is 42.5 Å². The average Bonchev–Trinajstić information content (AvgIpc) is 3.23. The van der Waals surface area contributed by atoms with Gasteiger partial charge in [-0.05, 0) is 17.7 Å². The number of thiazole rings is 1. The third-order valence-corrected chi connectivity index (χ3v) is 4.94. The fraction of sp³-hybridized carbons (Fsp3) is 0.100. The Balaban J connectivity index is 1.96. The zero-order chi connectivity index (χ0) is 17.2. The van der Waals surface area contributed by atoms with Gasteiger partial charge in [-0.1, -0.05) is 42.5 Å². The second-order valence-corrected chi connectivity index (χ2v) is 6.42. The zero-order valence-electron chi connectivity index (χ0n) is 13.6. The Morgan fingerprint density at radius 1 is 1.12 bits per heavy atom. The van der Waals surface area contributed by atoms with Crippen molar-refractivity contribution in [3.05, 3.63) is 65.7 Å². The van der Waals surface area contributed by atoms with E-state index < -0.39 is 0 Å². The summed E-state index contributed by atoms with van der Waals surface area (Å²) < 4.78 is 7.42. The smallest absolute Gasteiger partial charge is 0.194 e. The lowest BCUT2D eigenvalue weighted by Crippen LogP contribution is -1.95. The average molecular weight is 345 g/mol. The fourth-order valence-electron chi connectivity index (χ4n) is 2.97. The van der Waals surface area contributed by atoms with Crippen molar-refractivity contribution in [3.63, 3.8) is 0 Å². The highest BCUT2D eigenvalue weighted by molar-refractivity contribution is 7.15. The molecule has 0 N–H and O–H groups in total. The van der Waals surface area contributed by atoms with Gasteiger partial charge < -0.3 is 4.74 Å². The Morgan fingerprint density at radius 2 is 1.92 bits per heavy atom. The molecule has 25 heavy (non-hydrogen) atoms. The van der Waals surface area contributed by atoms with Gasteiger partial charge in [-0.25, -0.2) is 4.98 Å². The molecular weight excluding hydrogens is 330 g/mol. The number of aromatic nitrogens is 2. The van der Waals surface area contributed by atoms with E-state index in [9.17, 15) is 5.26 Å². The number of nitriles is 1. The van der Waals surface area contributed by atoms with Crippen LogP contribution in [0.1, 0.15) is 5.69 Å². The maximum atomic E-state index is 9.36. The summed E-state index contributed by atoms with van der Waals surface area (Å²) in [5, 5.41) is 11.4. The first-order valence-electron chi connectivity index (χ1n) is 7.87. The van der Waals surface area contributed by atoms with Gasteiger partial charge in [0.05, 0.1) is 36.7 Å². The molecule has 4 rings (SSSR count). The number of fused-ring (bicyclic) bond motifs is 1. The number of rotatable bonds is 4. The quantitative estimate of drug-likeness (QED) is 0.533. The normalized spacial score (nSPS) is 10.7. The van der Waals surface area contributed by atoms with Crippen LogP contribution in [-0.4, -0.2) is 16.5 Å². The van der Waals surface area contributed by atoms with Gasteiger partial charge in [-0.3, -0.25) is 4.40 Å². The molecule has 4 aromatic rings. The van der Waals surface area contributed by atoms with E-state index in [2.05, 4.69) is 28.0 Å². The third kappa shape index (κ3) is 2.67. The molecule has 0 aliphatic carbocycles. The lowest BCUT2D eigenvalue weighted by atomic mass is 10.1. The molecule has 0 bridgehead atoms. The van der Waals surface area contributed by atoms with Crippen molar-refractivity contribution < 1.29 is 4.74 Å². The Hall–Kier alpha value is -3.10. The molecule has 0 amide bonds. The minimum absolute atomic E-state index is 0.296. The van der Waals surface area contributed by atoms with E-state index in [0.717, 1.165) is 38.9 Å². The van der Waals surface area contributed by atoms with Crippen molar-refractivity contribution in [2.45, 2.75) is 6.42 Å². The first kappa shape index (κ1) is 15.4. The van der Waals surface area contributed by atoms with Crippen LogP contribution in [0.2, 0.25) is 0 Å². The summed E-state index contributed by atoms with van der Waals surface area (Å²) in [5.41, 5.74) is 4.88. The molecule has 5 heteroatoms. The SMILES string of the molecule is COc1cccc(-c2nc3scc(-c4ccccc4)n3c2CC#N)c1. The fourth-order valence-corrected chi connectivity index (χ4v) is 3.88. The van der Waals surface area contributed by atoms with Crippen molar-refractivity contribution in [2.75, 3.05) is 7.11 Å². The van der Waals surface area contributed by atoms with Crippen molar-refractivity contribution in [1.29, 1.82) is 5.26 Å². The lowest BCUT2D eigenvalue weighted by molar-refractivity contribution is 0.415. The number of imidazole rings is 1. The maximum Gasteiger partial charge on any atom is 0.194 e. The second kappa shape index (κ2) is 6.42. The van der Waals surface area contributed by atoms with Crippen molar-refractivity contribution in [1.82, 2.24) is 9.38 Å². The Morgan fingerprint density at radius 3 is 2.68 bits per heavy atom. The number of benzene rings is 2. The Kier molecular flexibility index (Phi) is 3.96. The van der Waals surface area contributed by atoms with Gasteiger partial charge >= 0.3 is 0 Å². The van der Waals surface area contributed by atoms with E-state index in [-0.39, 0.29) is 0 Å². The minimum atomic E-state index is 0.296. The van der Waals surface area contributed by atoms with Crippen LogP contribution in [0.15, 0.2) is 60.0 Å². The van der Waals surface area contributed by atoms with E-state index in [4.69, 9.17) is 9.72 Å².